The van der Waals surface area contributed by atoms with Crippen LogP contribution in [0.25, 0.3) is 0 Å². The SMILES string of the molecule is CCOc1ccccc1N(CC(=O)N(Cc1ccccc1F)[C@@H](Cc1ccccc1)C(=O)NCC(C)C)S(C)(=O)=O. The van der Waals surface area contributed by atoms with Crippen molar-refractivity contribution in [1.29, 1.82) is 0 Å². The Hall–Kier alpha value is -3.92. The van der Waals surface area contributed by atoms with Crippen molar-refractivity contribution in [3.63, 3.8) is 0 Å². The maximum Gasteiger partial charge on any atom is 0.244 e. The van der Waals surface area contributed by atoms with E-state index in [1.165, 1.54) is 17.0 Å². The van der Waals surface area contributed by atoms with Gasteiger partial charge in [0.05, 0.1) is 18.6 Å². The molecule has 0 aliphatic heterocycles. The standard InChI is InChI=1S/C31H38FN3O5S/c1-5-40-29-18-12-11-17-27(29)35(41(4,38)39)22-30(36)34(21-25-15-9-10-16-26(25)32)28(31(37)33-20-23(2)3)19-24-13-7-6-8-14-24/h6-18,23,28H,5,19-22H2,1-4H3,(H,33,37)/t28-/m0/s1. The van der Waals surface area contributed by atoms with Gasteiger partial charge in [-0.15, -0.1) is 0 Å². The zero-order valence-corrected chi connectivity index (χ0v) is 24.7. The van der Waals surface area contributed by atoms with Gasteiger partial charge in [0.2, 0.25) is 21.8 Å². The van der Waals surface area contributed by atoms with Crippen LogP contribution >= 0.6 is 0 Å². The molecule has 10 heteroatoms. The Morgan fingerprint density at radius 2 is 1.59 bits per heavy atom. The molecule has 0 aliphatic carbocycles. The third kappa shape index (κ3) is 9.04. The van der Waals surface area contributed by atoms with Crippen molar-refractivity contribution < 1.29 is 27.1 Å². The molecule has 0 radical (unpaired) electrons. The second-order valence-corrected chi connectivity index (χ2v) is 12.0. The van der Waals surface area contributed by atoms with Crippen molar-refractivity contribution in [3.8, 4) is 5.75 Å². The van der Waals surface area contributed by atoms with Gasteiger partial charge in [-0.05, 0) is 36.6 Å². The van der Waals surface area contributed by atoms with Crippen molar-refractivity contribution in [1.82, 2.24) is 10.2 Å². The first-order valence-electron chi connectivity index (χ1n) is 13.5. The molecule has 220 valence electrons. The molecule has 8 nitrogen and oxygen atoms in total. The molecule has 1 N–H and O–H groups in total. The van der Waals surface area contributed by atoms with Crippen LogP contribution in [0.2, 0.25) is 0 Å². The van der Waals surface area contributed by atoms with Crippen molar-refractivity contribution in [2.75, 3.05) is 30.3 Å². The van der Waals surface area contributed by atoms with E-state index < -0.39 is 40.2 Å². The number of nitrogens with one attached hydrogen (secondary N) is 1. The van der Waals surface area contributed by atoms with Crippen molar-refractivity contribution in [2.24, 2.45) is 5.92 Å². The van der Waals surface area contributed by atoms with E-state index in [4.69, 9.17) is 4.74 Å². The van der Waals surface area contributed by atoms with Crippen LogP contribution < -0.4 is 14.4 Å². The Kier molecular flexibility index (Phi) is 11.3. The number of anilines is 1. The van der Waals surface area contributed by atoms with Gasteiger partial charge < -0.3 is 15.0 Å². The number of amides is 2. The minimum atomic E-state index is -3.96. The minimum Gasteiger partial charge on any atom is -0.492 e. The van der Waals surface area contributed by atoms with Gasteiger partial charge in [-0.2, -0.15) is 0 Å². The molecule has 0 saturated heterocycles. The number of hydrogen-bond donors (Lipinski definition) is 1. The molecule has 0 saturated carbocycles. The summed E-state index contributed by atoms with van der Waals surface area (Å²) in [6.07, 6.45) is 1.15. The number of nitrogens with zero attached hydrogens (tertiary/aromatic N) is 2. The highest BCUT2D eigenvalue weighted by molar-refractivity contribution is 7.92. The number of carbonyl (C=O) groups excluding carboxylic acids is 2. The lowest BCUT2D eigenvalue weighted by Gasteiger charge is -2.34. The maximum atomic E-state index is 14.9. The number of carbonyl (C=O) groups is 2. The van der Waals surface area contributed by atoms with Crippen LogP contribution in [0.3, 0.4) is 0 Å². The molecule has 3 rings (SSSR count). The number of ether oxygens (including phenoxy) is 1. The van der Waals surface area contributed by atoms with Gasteiger partial charge in [-0.1, -0.05) is 74.5 Å². The maximum absolute atomic E-state index is 14.9. The predicted molar refractivity (Wildman–Crippen MR) is 159 cm³/mol. The Bertz CT molecular complexity index is 1420. The molecule has 0 bridgehead atoms. The lowest BCUT2D eigenvalue weighted by molar-refractivity contribution is -0.140. The summed E-state index contributed by atoms with van der Waals surface area (Å²) in [7, 11) is -3.96. The van der Waals surface area contributed by atoms with Gasteiger partial charge in [0, 0.05) is 25.1 Å². The topological polar surface area (TPSA) is 96.0 Å². The highest BCUT2D eigenvalue weighted by Crippen LogP contribution is 2.30. The summed E-state index contributed by atoms with van der Waals surface area (Å²) < 4.78 is 47.4. The van der Waals surface area contributed by atoms with Crippen LogP contribution in [0.4, 0.5) is 10.1 Å². The van der Waals surface area contributed by atoms with Crippen LogP contribution in [0.15, 0.2) is 78.9 Å². The van der Waals surface area contributed by atoms with E-state index in [1.54, 1.807) is 43.3 Å². The summed E-state index contributed by atoms with van der Waals surface area (Å²) in [6, 6.07) is 20.7. The second kappa shape index (κ2) is 14.6. The average molecular weight is 584 g/mol. The highest BCUT2D eigenvalue weighted by atomic mass is 32.2. The zero-order chi connectivity index (χ0) is 30.0. The van der Waals surface area contributed by atoms with Gasteiger partial charge in [-0.25, -0.2) is 12.8 Å². The van der Waals surface area contributed by atoms with Crippen LogP contribution in [0, 0.1) is 11.7 Å². The summed E-state index contributed by atoms with van der Waals surface area (Å²) in [6.45, 7) is 5.50. The largest absolute Gasteiger partial charge is 0.492 e. The van der Waals surface area contributed by atoms with Gasteiger partial charge in [0.25, 0.3) is 0 Å². The zero-order valence-electron chi connectivity index (χ0n) is 23.9. The Morgan fingerprint density at radius 1 is 0.951 bits per heavy atom. The monoisotopic (exact) mass is 583 g/mol. The number of halogens is 1. The third-order valence-corrected chi connectivity index (χ3v) is 7.49. The fourth-order valence-corrected chi connectivity index (χ4v) is 5.18. The van der Waals surface area contributed by atoms with Crippen LogP contribution in [-0.4, -0.2) is 57.1 Å². The molecular weight excluding hydrogens is 545 g/mol. The summed E-state index contributed by atoms with van der Waals surface area (Å²) >= 11 is 0. The summed E-state index contributed by atoms with van der Waals surface area (Å²) in [5, 5.41) is 2.90. The van der Waals surface area contributed by atoms with Gasteiger partial charge in [0.1, 0.15) is 24.2 Å². The lowest BCUT2D eigenvalue weighted by Crippen LogP contribution is -2.53. The normalized spacial score (nSPS) is 12.0. The van der Waals surface area contributed by atoms with E-state index in [1.807, 2.05) is 44.2 Å². The predicted octanol–water partition coefficient (Wildman–Crippen LogP) is 4.40. The summed E-state index contributed by atoms with van der Waals surface area (Å²) in [5.74, 6) is -1.15. The molecule has 0 heterocycles. The van der Waals surface area contributed by atoms with Crippen LogP contribution in [-0.2, 0) is 32.6 Å². The first-order chi connectivity index (χ1) is 19.5. The Balaban J connectivity index is 2.08. The van der Waals surface area contributed by atoms with E-state index in [-0.39, 0.29) is 36.7 Å². The molecule has 0 fully saturated rings. The van der Waals surface area contributed by atoms with Crippen LogP contribution in [0.5, 0.6) is 5.75 Å². The first kappa shape index (κ1) is 31.6. The lowest BCUT2D eigenvalue weighted by atomic mass is 10.0. The number of benzene rings is 3. The first-order valence-corrected chi connectivity index (χ1v) is 15.4. The van der Waals surface area contributed by atoms with E-state index in [0.29, 0.717) is 12.3 Å². The number of hydrogen-bond acceptors (Lipinski definition) is 5. The fourth-order valence-electron chi connectivity index (χ4n) is 4.32. The Labute approximate surface area is 242 Å². The van der Waals surface area contributed by atoms with E-state index in [2.05, 4.69) is 5.32 Å². The van der Waals surface area contributed by atoms with Crippen LogP contribution in [0.1, 0.15) is 31.9 Å². The van der Waals surface area contributed by atoms with Crippen molar-refractivity contribution in [2.45, 2.75) is 39.8 Å². The van der Waals surface area contributed by atoms with Gasteiger partial charge in [-0.3, -0.25) is 13.9 Å². The molecule has 0 aliphatic rings. The van der Waals surface area contributed by atoms with Gasteiger partial charge in [0.15, 0.2) is 0 Å². The quantitative estimate of drug-likeness (QED) is 0.304. The summed E-state index contributed by atoms with van der Waals surface area (Å²) in [4.78, 5) is 29.0. The molecule has 0 spiro atoms. The molecule has 0 unspecified atom stereocenters. The number of sulfonamides is 1. The van der Waals surface area contributed by atoms with E-state index >= 15 is 0 Å². The van der Waals surface area contributed by atoms with Crippen molar-refractivity contribution >= 4 is 27.5 Å². The van der Waals surface area contributed by atoms with E-state index in [9.17, 15) is 22.4 Å². The van der Waals surface area contributed by atoms with Crippen molar-refractivity contribution in [3.05, 3.63) is 95.8 Å². The molecular formula is C31H38FN3O5S. The summed E-state index contributed by atoms with van der Waals surface area (Å²) in [5.41, 5.74) is 1.20. The second-order valence-electron chi connectivity index (χ2n) is 10.1. The highest BCUT2D eigenvalue weighted by Gasteiger charge is 2.34. The number of rotatable bonds is 14. The molecule has 41 heavy (non-hydrogen) atoms. The molecule has 1 atom stereocenters. The average Bonchev–Trinajstić information content (AvgIpc) is 2.93. The molecule has 0 aromatic heterocycles. The molecule has 3 aromatic rings. The third-order valence-electron chi connectivity index (χ3n) is 6.37. The molecule has 3 aromatic carbocycles. The molecule has 2 amide bonds. The van der Waals surface area contributed by atoms with Gasteiger partial charge >= 0.3 is 0 Å². The number of para-hydroxylation sites is 2. The smallest absolute Gasteiger partial charge is 0.244 e. The van der Waals surface area contributed by atoms with E-state index in [0.717, 1.165) is 16.1 Å². The fraction of sp³-hybridized carbons (Fsp3) is 0.355. The Morgan fingerprint density at radius 3 is 2.22 bits per heavy atom. The minimum absolute atomic E-state index is 0.152.